The molecule has 172 valence electrons. The molecule has 8 heteroatoms. The van der Waals surface area contributed by atoms with Gasteiger partial charge in [0.15, 0.2) is 0 Å². The fourth-order valence-corrected chi connectivity index (χ4v) is 4.14. The van der Waals surface area contributed by atoms with Crippen LogP contribution in [-0.2, 0) is 16.0 Å². The van der Waals surface area contributed by atoms with Gasteiger partial charge in [0, 0.05) is 15.9 Å². The van der Waals surface area contributed by atoms with Crippen LogP contribution in [0.25, 0.3) is 6.08 Å². The van der Waals surface area contributed by atoms with Crippen LogP contribution >= 0.6 is 27.5 Å². The number of benzene rings is 3. The predicted octanol–water partition coefficient (Wildman–Crippen LogP) is 5.76. The van der Waals surface area contributed by atoms with E-state index in [0.29, 0.717) is 35.1 Å². The molecule has 0 saturated carbocycles. The number of hydrogen-bond acceptors (Lipinski definition) is 4. The molecule has 0 aliphatic carbocycles. The van der Waals surface area contributed by atoms with E-state index in [1.807, 2.05) is 43.3 Å². The minimum atomic E-state index is -0.812. The second-order valence-corrected chi connectivity index (χ2v) is 8.79. The van der Waals surface area contributed by atoms with E-state index in [-0.39, 0.29) is 5.57 Å². The van der Waals surface area contributed by atoms with Gasteiger partial charge in [0.05, 0.1) is 12.3 Å². The molecule has 0 atom stereocenters. The molecular weight excluding hydrogens is 520 g/mol. The average molecular weight is 540 g/mol. The van der Waals surface area contributed by atoms with E-state index >= 15 is 0 Å². The molecule has 3 aromatic rings. The molecular formula is C26H20BrClN2O4. The van der Waals surface area contributed by atoms with Crippen molar-refractivity contribution in [2.75, 3.05) is 11.5 Å². The Kier molecular flexibility index (Phi) is 7.14. The lowest BCUT2D eigenvalue weighted by atomic mass is 10.0. The number of imide groups is 2. The van der Waals surface area contributed by atoms with Crippen molar-refractivity contribution in [2.45, 2.75) is 13.3 Å². The molecule has 1 N–H and O–H groups in total. The van der Waals surface area contributed by atoms with Crippen LogP contribution in [0, 0.1) is 0 Å². The van der Waals surface area contributed by atoms with E-state index in [4.69, 9.17) is 16.3 Å². The molecule has 0 bridgehead atoms. The van der Waals surface area contributed by atoms with Gasteiger partial charge in [-0.25, -0.2) is 9.69 Å². The van der Waals surface area contributed by atoms with Crippen molar-refractivity contribution in [1.29, 1.82) is 0 Å². The minimum Gasteiger partial charge on any atom is -0.494 e. The highest BCUT2D eigenvalue weighted by molar-refractivity contribution is 9.10. The van der Waals surface area contributed by atoms with Crippen molar-refractivity contribution in [1.82, 2.24) is 5.32 Å². The van der Waals surface area contributed by atoms with Crippen LogP contribution in [0.2, 0.25) is 5.02 Å². The number of barbiturate groups is 1. The second kappa shape index (κ2) is 10.2. The van der Waals surface area contributed by atoms with Crippen molar-refractivity contribution < 1.29 is 19.1 Å². The predicted molar refractivity (Wildman–Crippen MR) is 135 cm³/mol. The molecule has 1 fully saturated rings. The summed E-state index contributed by atoms with van der Waals surface area (Å²) in [6.07, 6.45) is 2.10. The normalized spacial score (nSPS) is 15.0. The van der Waals surface area contributed by atoms with E-state index in [1.165, 1.54) is 18.2 Å². The van der Waals surface area contributed by atoms with Gasteiger partial charge < -0.3 is 4.74 Å². The summed E-state index contributed by atoms with van der Waals surface area (Å²) in [5, 5.41) is 2.69. The SMILES string of the molecule is CCOc1cc(/C=C2\C(=O)NC(=O)N(c3ccc(Cl)cc3)C2=O)ccc1Cc1ccccc1Br. The summed E-state index contributed by atoms with van der Waals surface area (Å²) < 4.78 is 6.84. The Morgan fingerprint density at radius 3 is 2.44 bits per heavy atom. The van der Waals surface area contributed by atoms with Crippen molar-refractivity contribution in [3.05, 3.63) is 98.5 Å². The van der Waals surface area contributed by atoms with Crippen LogP contribution < -0.4 is 15.0 Å². The topological polar surface area (TPSA) is 75.7 Å². The molecule has 0 aromatic heterocycles. The number of amides is 4. The van der Waals surface area contributed by atoms with Crippen LogP contribution in [0.15, 0.2) is 76.8 Å². The van der Waals surface area contributed by atoms with E-state index < -0.39 is 17.8 Å². The maximum atomic E-state index is 13.1. The van der Waals surface area contributed by atoms with Crippen LogP contribution in [0.4, 0.5) is 10.5 Å². The standard InChI is InChI=1S/C26H20BrClN2O4/c1-2-34-23-14-16(7-8-18(23)15-17-5-3-4-6-22(17)27)13-21-24(31)29-26(33)30(25(21)32)20-11-9-19(28)10-12-20/h3-14H,2,15H2,1H3,(H,29,31,33)/b21-13+. The molecule has 6 nitrogen and oxygen atoms in total. The molecule has 0 radical (unpaired) electrons. The molecule has 1 aliphatic heterocycles. The van der Waals surface area contributed by atoms with Gasteiger partial charge >= 0.3 is 6.03 Å². The molecule has 4 rings (SSSR count). The van der Waals surface area contributed by atoms with Gasteiger partial charge in [0.1, 0.15) is 11.3 Å². The van der Waals surface area contributed by atoms with Crippen LogP contribution in [-0.4, -0.2) is 24.5 Å². The number of ether oxygens (including phenoxy) is 1. The number of carbonyl (C=O) groups is 3. The lowest BCUT2D eigenvalue weighted by molar-refractivity contribution is -0.122. The zero-order valence-corrected chi connectivity index (χ0v) is 20.5. The average Bonchev–Trinajstić information content (AvgIpc) is 2.81. The fourth-order valence-electron chi connectivity index (χ4n) is 3.59. The lowest BCUT2D eigenvalue weighted by Gasteiger charge is -2.26. The van der Waals surface area contributed by atoms with Gasteiger partial charge in [0.25, 0.3) is 11.8 Å². The minimum absolute atomic E-state index is 0.157. The van der Waals surface area contributed by atoms with Gasteiger partial charge in [-0.15, -0.1) is 0 Å². The summed E-state index contributed by atoms with van der Waals surface area (Å²) in [5.41, 5.74) is 2.82. The first-order chi connectivity index (χ1) is 16.4. The van der Waals surface area contributed by atoms with Gasteiger partial charge in [-0.05, 0) is 66.1 Å². The number of nitrogens with zero attached hydrogens (tertiary/aromatic N) is 1. The van der Waals surface area contributed by atoms with Crippen LogP contribution in [0.1, 0.15) is 23.6 Å². The van der Waals surface area contributed by atoms with Crippen LogP contribution in [0.3, 0.4) is 0 Å². The second-order valence-electron chi connectivity index (χ2n) is 7.50. The Hall–Kier alpha value is -3.42. The largest absolute Gasteiger partial charge is 0.494 e. The summed E-state index contributed by atoms with van der Waals surface area (Å²) in [6, 6.07) is 18.8. The Morgan fingerprint density at radius 1 is 1.00 bits per heavy atom. The molecule has 0 spiro atoms. The number of anilines is 1. The molecule has 1 aliphatic rings. The number of urea groups is 1. The third kappa shape index (κ3) is 5.05. The first-order valence-corrected chi connectivity index (χ1v) is 11.7. The fraction of sp³-hybridized carbons (Fsp3) is 0.115. The van der Waals surface area contributed by atoms with Crippen LogP contribution in [0.5, 0.6) is 5.75 Å². The van der Waals surface area contributed by atoms with Gasteiger partial charge in [-0.3, -0.25) is 14.9 Å². The first-order valence-electron chi connectivity index (χ1n) is 10.5. The van der Waals surface area contributed by atoms with Gasteiger partial charge in [-0.2, -0.15) is 0 Å². The number of rotatable bonds is 6. The van der Waals surface area contributed by atoms with E-state index in [0.717, 1.165) is 20.5 Å². The maximum absolute atomic E-state index is 13.1. The summed E-state index contributed by atoms with van der Waals surface area (Å²) in [7, 11) is 0. The summed E-state index contributed by atoms with van der Waals surface area (Å²) in [6.45, 7) is 2.35. The Labute approximate surface area is 210 Å². The molecule has 1 heterocycles. The third-order valence-corrected chi connectivity index (χ3v) is 6.25. The highest BCUT2D eigenvalue weighted by Crippen LogP contribution is 2.29. The molecule has 3 aromatic carbocycles. The monoisotopic (exact) mass is 538 g/mol. The van der Waals surface area contributed by atoms with Crippen molar-refractivity contribution in [3.8, 4) is 5.75 Å². The molecule has 4 amide bonds. The van der Waals surface area contributed by atoms with Crippen molar-refractivity contribution in [3.63, 3.8) is 0 Å². The van der Waals surface area contributed by atoms with E-state index in [2.05, 4.69) is 21.2 Å². The Balaban J connectivity index is 1.67. The van der Waals surface area contributed by atoms with E-state index in [1.54, 1.807) is 18.2 Å². The zero-order chi connectivity index (χ0) is 24.2. The van der Waals surface area contributed by atoms with Gasteiger partial charge in [0.2, 0.25) is 0 Å². The van der Waals surface area contributed by atoms with E-state index in [9.17, 15) is 14.4 Å². The number of halogens is 2. The first kappa shape index (κ1) is 23.7. The van der Waals surface area contributed by atoms with Crippen molar-refractivity contribution >= 4 is 57.1 Å². The quantitative estimate of drug-likeness (QED) is 0.319. The van der Waals surface area contributed by atoms with Gasteiger partial charge in [-0.1, -0.05) is 57.9 Å². The smallest absolute Gasteiger partial charge is 0.335 e. The highest BCUT2D eigenvalue weighted by Gasteiger charge is 2.36. The maximum Gasteiger partial charge on any atom is 0.335 e. The highest BCUT2D eigenvalue weighted by atomic mass is 79.9. The Morgan fingerprint density at radius 2 is 1.74 bits per heavy atom. The number of carbonyl (C=O) groups excluding carboxylic acids is 3. The third-order valence-electron chi connectivity index (χ3n) is 5.23. The number of nitrogens with one attached hydrogen (secondary N) is 1. The molecule has 0 unspecified atom stereocenters. The Bertz CT molecular complexity index is 1300. The molecule has 34 heavy (non-hydrogen) atoms. The molecule has 1 saturated heterocycles. The summed E-state index contributed by atoms with van der Waals surface area (Å²) in [4.78, 5) is 38.9. The lowest BCUT2D eigenvalue weighted by Crippen LogP contribution is -2.54. The number of hydrogen-bond donors (Lipinski definition) is 1. The zero-order valence-electron chi connectivity index (χ0n) is 18.2. The summed E-state index contributed by atoms with van der Waals surface area (Å²) >= 11 is 9.48. The van der Waals surface area contributed by atoms with Crippen molar-refractivity contribution in [2.24, 2.45) is 0 Å². The summed E-state index contributed by atoms with van der Waals surface area (Å²) in [5.74, 6) is -0.816.